The highest BCUT2D eigenvalue weighted by atomic mass is 16.5. The van der Waals surface area contributed by atoms with Crippen LogP contribution in [0.5, 0.6) is 0 Å². The molecule has 2 unspecified atom stereocenters. The minimum Gasteiger partial charge on any atom is -0.384 e. The van der Waals surface area contributed by atoms with E-state index in [1.54, 1.807) is 0 Å². The molecule has 0 heterocycles. The summed E-state index contributed by atoms with van der Waals surface area (Å²) in [4.78, 5) is 0. The van der Waals surface area contributed by atoms with Gasteiger partial charge in [-0.2, -0.15) is 0 Å². The van der Waals surface area contributed by atoms with Gasteiger partial charge in [0.2, 0.25) is 0 Å². The van der Waals surface area contributed by atoms with Gasteiger partial charge in [0.05, 0.1) is 0 Å². The van der Waals surface area contributed by atoms with E-state index in [0.29, 0.717) is 0 Å². The topological polar surface area (TPSA) is 9.23 Å². The normalized spacial score (nSPS) is 47.0. The lowest BCUT2D eigenvalue weighted by atomic mass is 10.1. The van der Waals surface area contributed by atoms with E-state index in [1.807, 2.05) is 7.11 Å². The third-order valence-electron chi connectivity index (χ3n) is 2.74. The largest absolute Gasteiger partial charge is 0.384 e. The van der Waals surface area contributed by atoms with E-state index in [9.17, 15) is 0 Å². The minimum absolute atomic E-state index is 0.916. The fourth-order valence-electron chi connectivity index (χ4n) is 2.21. The summed E-state index contributed by atoms with van der Waals surface area (Å²) in [6.45, 7) is 1.01. The van der Waals surface area contributed by atoms with Crippen LogP contribution in [-0.2, 0) is 4.74 Å². The summed E-state index contributed by atoms with van der Waals surface area (Å²) >= 11 is 0. The van der Waals surface area contributed by atoms with Crippen molar-refractivity contribution in [1.29, 1.82) is 0 Å². The average molecular weight is 126 g/mol. The maximum Gasteiger partial charge on any atom is 0.0490 e. The van der Waals surface area contributed by atoms with Crippen LogP contribution in [0, 0.1) is 17.8 Å². The van der Waals surface area contributed by atoms with Crippen molar-refractivity contribution >= 4 is 0 Å². The van der Waals surface area contributed by atoms with E-state index < -0.39 is 0 Å². The van der Waals surface area contributed by atoms with Crippen LogP contribution in [0.2, 0.25) is 0 Å². The fourth-order valence-corrected chi connectivity index (χ4v) is 2.21. The molecule has 0 aromatic carbocycles. The molecule has 2 aliphatic rings. The molecule has 9 heavy (non-hydrogen) atoms. The lowest BCUT2D eigenvalue weighted by molar-refractivity contribution is 0.149. The van der Waals surface area contributed by atoms with Crippen molar-refractivity contribution in [3.8, 4) is 0 Å². The van der Waals surface area contributed by atoms with Crippen molar-refractivity contribution in [2.75, 3.05) is 13.7 Å². The molecule has 0 spiro atoms. The van der Waals surface area contributed by atoms with Crippen LogP contribution in [0.1, 0.15) is 19.3 Å². The van der Waals surface area contributed by atoms with Crippen LogP contribution in [0.25, 0.3) is 0 Å². The highest BCUT2D eigenvalue weighted by molar-refractivity contribution is 4.95. The molecule has 0 saturated heterocycles. The zero-order valence-corrected chi connectivity index (χ0v) is 5.97. The second-order valence-electron chi connectivity index (χ2n) is 3.55. The molecule has 2 rings (SSSR count). The maximum absolute atomic E-state index is 5.09. The standard InChI is InChI=1S/C8H14O/c1-9-5-6-2-7-4-8(7)3-6/h6-8H,2-5H2,1H3. The quantitative estimate of drug-likeness (QED) is 0.547. The second-order valence-corrected chi connectivity index (χ2v) is 3.55. The first-order valence-corrected chi connectivity index (χ1v) is 3.89. The Labute approximate surface area is 56.4 Å². The Kier molecular flexibility index (Phi) is 1.26. The second kappa shape index (κ2) is 1.98. The molecule has 0 amide bonds. The molecule has 1 heteroatoms. The van der Waals surface area contributed by atoms with Crippen molar-refractivity contribution in [3.05, 3.63) is 0 Å². The summed E-state index contributed by atoms with van der Waals surface area (Å²) in [6, 6.07) is 0. The van der Waals surface area contributed by atoms with E-state index in [4.69, 9.17) is 4.74 Å². The molecule has 0 radical (unpaired) electrons. The number of fused-ring (bicyclic) bond motifs is 1. The zero-order valence-electron chi connectivity index (χ0n) is 5.97. The summed E-state index contributed by atoms with van der Waals surface area (Å²) < 4.78 is 5.09. The van der Waals surface area contributed by atoms with E-state index in [1.165, 1.54) is 19.3 Å². The monoisotopic (exact) mass is 126 g/mol. The molecule has 52 valence electrons. The van der Waals surface area contributed by atoms with Gasteiger partial charge in [-0.15, -0.1) is 0 Å². The van der Waals surface area contributed by atoms with Crippen LogP contribution in [0.4, 0.5) is 0 Å². The molecule has 2 atom stereocenters. The highest BCUT2D eigenvalue weighted by Crippen LogP contribution is 2.54. The van der Waals surface area contributed by atoms with Gasteiger partial charge in [-0.25, -0.2) is 0 Å². The Morgan fingerprint density at radius 2 is 1.89 bits per heavy atom. The Bertz CT molecular complexity index is 101. The minimum atomic E-state index is 0.916. The molecular formula is C8H14O. The van der Waals surface area contributed by atoms with Crippen LogP contribution < -0.4 is 0 Å². The predicted octanol–water partition coefficient (Wildman–Crippen LogP) is 1.68. The summed E-state index contributed by atoms with van der Waals surface area (Å²) in [5, 5.41) is 0. The van der Waals surface area contributed by atoms with Gasteiger partial charge in [-0.3, -0.25) is 0 Å². The van der Waals surface area contributed by atoms with Crippen molar-refractivity contribution < 1.29 is 4.74 Å². The van der Waals surface area contributed by atoms with Gasteiger partial charge in [0.1, 0.15) is 0 Å². The van der Waals surface area contributed by atoms with Crippen molar-refractivity contribution in [3.63, 3.8) is 0 Å². The van der Waals surface area contributed by atoms with Gasteiger partial charge in [-0.05, 0) is 37.0 Å². The Morgan fingerprint density at radius 1 is 1.22 bits per heavy atom. The van der Waals surface area contributed by atoms with Crippen molar-refractivity contribution in [1.82, 2.24) is 0 Å². The third-order valence-corrected chi connectivity index (χ3v) is 2.74. The van der Waals surface area contributed by atoms with E-state index in [-0.39, 0.29) is 0 Å². The average Bonchev–Trinajstić information content (AvgIpc) is 2.42. The van der Waals surface area contributed by atoms with E-state index >= 15 is 0 Å². The zero-order chi connectivity index (χ0) is 6.27. The molecule has 1 nitrogen and oxygen atoms in total. The Hall–Kier alpha value is -0.0400. The van der Waals surface area contributed by atoms with Crippen molar-refractivity contribution in [2.45, 2.75) is 19.3 Å². The van der Waals surface area contributed by atoms with Gasteiger partial charge in [0.15, 0.2) is 0 Å². The smallest absolute Gasteiger partial charge is 0.0490 e. The first kappa shape index (κ1) is 5.72. The summed E-state index contributed by atoms with van der Waals surface area (Å²) in [7, 11) is 1.81. The van der Waals surface area contributed by atoms with Gasteiger partial charge in [0, 0.05) is 13.7 Å². The van der Waals surface area contributed by atoms with Crippen molar-refractivity contribution in [2.24, 2.45) is 17.8 Å². The summed E-state index contributed by atoms with van der Waals surface area (Å²) in [5.74, 6) is 3.15. The molecular weight excluding hydrogens is 112 g/mol. The van der Waals surface area contributed by atoms with E-state index in [0.717, 1.165) is 24.4 Å². The molecule has 2 saturated carbocycles. The number of ether oxygens (including phenoxy) is 1. The number of hydrogen-bond donors (Lipinski definition) is 0. The maximum atomic E-state index is 5.09. The van der Waals surface area contributed by atoms with Crippen LogP contribution in [0.15, 0.2) is 0 Å². The first-order chi connectivity index (χ1) is 4.40. The molecule has 2 aliphatic carbocycles. The van der Waals surface area contributed by atoms with Crippen LogP contribution >= 0.6 is 0 Å². The number of hydrogen-bond acceptors (Lipinski definition) is 1. The number of rotatable bonds is 2. The molecule has 2 fully saturated rings. The van der Waals surface area contributed by atoms with Gasteiger partial charge in [0.25, 0.3) is 0 Å². The lowest BCUT2D eigenvalue weighted by Gasteiger charge is -2.08. The first-order valence-electron chi connectivity index (χ1n) is 3.89. The van der Waals surface area contributed by atoms with Gasteiger partial charge >= 0.3 is 0 Å². The fraction of sp³-hybridized carbons (Fsp3) is 1.00. The highest BCUT2D eigenvalue weighted by Gasteiger charge is 2.45. The molecule has 0 aromatic rings. The van der Waals surface area contributed by atoms with Gasteiger partial charge in [-0.1, -0.05) is 0 Å². The Morgan fingerprint density at radius 3 is 2.44 bits per heavy atom. The predicted molar refractivity (Wildman–Crippen MR) is 36.2 cm³/mol. The Balaban J connectivity index is 1.77. The van der Waals surface area contributed by atoms with Gasteiger partial charge < -0.3 is 4.74 Å². The van der Waals surface area contributed by atoms with Crippen LogP contribution in [-0.4, -0.2) is 13.7 Å². The molecule has 0 aromatic heterocycles. The molecule has 0 N–H and O–H groups in total. The third kappa shape index (κ3) is 0.983. The summed E-state index contributed by atoms with van der Waals surface area (Å²) in [6.07, 6.45) is 4.44. The lowest BCUT2D eigenvalue weighted by Crippen LogP contribution is -2.04. The molecule has 0 bridgehead atoms. The van der Waals surface area contributed by atoms with Crippen LogP contribution in [0.3, 0.4) is 0 Å². The summed E-state index contributed by atoms with van der Waals surface area (Å²) in [5.41, 5.74) is 0. The van der Waals surface area contributed by atoms with E-state index in [2.05, 4.69) is 0 Å². The SMILES string of the molecule is COCC1CC2CC2C1. The number of methoxy groups -OCH3 is 1. The molecule has 0 aliphatic heterocycles.